The Morgan fingerprint density at radius 2 is 1.84 bits per heavy atom. The van der Waals surface area contributed by atoms with E-state index in [4.69, 9.17) is 4.74 Å². The van der Waals surface area contributed by atoms with Crippen LogP contribution < -0.4 is 15.0 Å². The fourth-order valence-electron chi connectivity index (χ4n) is 3.62. The molecule has 1 aliphatic heterocycles. The Kier molecular flexibility index (Phi) is 7.68. The maximum atomic E-state index is 12.5. The van der Waals surface area contributed by atoms with Crippen molar-refractivity contribution >= 4 is 27.3 Å². The highest BCUT2D eigenvalue weighted by Gasteiger charge is 2.36. The maximum absolute atomic E-state index is 12.5. The van der Waals surface area contributed by atoms with Gasteiger partial charge in [-0.05, 0) is 31.0 Å². The fraction of sp³-hybridized carbons (Fsp3) is 0.391. The highest BCUT2D eigenvalue weighted by Crippen LogP contribution is 2.33. The van der Waals surface area contributed by atoms with Crippen LogP contribution in [0.25, 0.3) is 0 Å². The van der Waals surface area contributed by atoms with Crippen molar-refractivity contribution in [2.45, 2.75) is 25.5 Å². The number of sulfone groups is 1. The average Bonchev–Trinajstić information content (AvgIpc) is 3.14. The molecular formula is C23H28N2O5S. The highest BCUT2D eigenvalue weighted by molar-refractivity contribution is 7.90. The van der Waals surface area contributed by atoms with Gasteiger partial charge in [-0.3, -0.25) is 9.59 Å². The van der Waals surface area contributed by atoms with Gasteiger partial charge in [0.25, 0.3) is 0 Å². The van der Waals surface area contributed by atoms with Gasteiger partial charge in [-0.25, -0.2) is 8.42 Å². The van der Waals surface area contributed by atoms with Crippen LogP contribution >= 0.6 is 0 Å². The second-order valence-corrected chi connectivity index (χ2v) is 9.71. The van der Waals surface area contributed by atoms with Crippen LogP contribution in [0.2, 0.25) is 0 Å². The van der Waals surface area contributed by atoms with Crippen molar-refractivity contribution in [3.8, 4) is 5.75 Å². The summed E-state index contributed by atoms with van der Waals surface area (Å²) in [6.45, 7) is 2.89. The number of anilines is 1. The first-order valence-corrected chi connectivity index (χ1v) is 12.3. The van der Waals surface area contributed by atoms with Gasteiger partial charge in [0.1, 0.15) is 5.75 Å². The van der Waals surface area contributed by atoms with Crippen molar-refractivity contribution in [1.29, 1.82) is 0 Å². The Bertz CT molecular complexity index is 1010. The number of nitrogens with one attached hydrogen (secondary N) is 1. The summed E-state index contributed by atoms with van der Waals surface area (Å²) in [6, 6.07) is 16.3. The van der Waals surface area contributed by atoms with Crippen molar-refractivity contribution in [2.24, 2.45) is 5.92 Å². The number of carbonyl (C=O) groups excluding carboxylic acids is 2. The van der Waals surface area contributed by atoms with Gasteiger partial charge in [-0.1, -0.05) is 42.5 Å². The van der Waals surface area contributed by atoms with E-state index in [1.54, 1.807) is 29.2 Å². The molecule has 8 heteroatoms. The molecule has 1 fully saturated rings. The van der Waals surface area contributed by atoms with Crippen LogP contribution in [0, 0.1) is 5.92 Å². The molecule has 2 aromatic rings. The van der Waals surface area contributed by atoms with E-state index in [-0.39, 0.29) is 42.8 Å². The SMILES string of the molecule is CCOc1ccccc1N1CC(C(=O)NCCCS(=O)(=O)Cc2ccccc2)CC1=O. The summed E-state index contributed by atoms with van der Waals surface area (Å²) in [5.74, 6) is -0.221. The van der Waals surface area contributed by atoms with Gasteiger partial charge >= 0.3 is 0 Å². The van der Waals surface area contributed by atoms with Crippen LogP contribution in [-0.2, 0) is 25.2 Å². The molecule has 166 valence electrons. The van der Waals surface area contributed by atoms with Gasteiger partial charge < -0.3 is 15.0 Å². The Balaban J connectivity index is 1.48. The molecule has 1 N–H and O–H groups in total. The van der Waals surface area contributed by atoms with E-state index in [0.717, 1.165) is 5.56 Å². The highest BCUT2D eigenvalue weighted by atomic mass is 32.2. The van der Waals surface area contributed by atoms with E-state index < -0.39 is 15.8 Å². The van der Waals surface area contributed by atoms with Crippen LogP contribution in [0.3, 0.4) is 0 Å². The summed E-state index contributed by atoms with van der Waals surface area (Å²) in [5.41, 5.74) is 1.42. The molecule has 0 saturated carbocycles. The zero-order valence-corrected chi connectivity index (χ0v) is 18.4. The Morgan fingerprint density at radius 3 is 2.58 bits per heavy atom. The second-order valence-electron chi connectivity index (χ2n) is 7.53. The number of para-hydroxylation sites is 2. The van der Waals surface area contributed by atoms with E-state index in [1.165, 1.54) is 0 Å². The first-order valence-electron chi connectivity index (χ1n) is 10.4. The number of carbonyl (C=O) groups is 2. The topological polar surface area (TPSA) is 92.8 Å². The molecule has 1 heterocycles. The minimum Gasteiger partial charge on any atom is -0.492 e. The number of benzene rings is 2. The molecule has 0 radical (unpaired) electrons. The minimum absolute atomic E-state index is 0.000369. The molecule has 2 aromatic carbocycles. The zero-order chi connectivity index (χ0) is 22.3. The lowest BCUT2D eigenvalue weighted by Gasteiger charge is -2.20. The summed E-state index contributed by atoms with van der Waals surface area (Å²) >= 11 is 0. The quantitative estimate of drug-likeness (QED) is 0.569. The fourth-order valence-corrected chi connectivity index (χ4v) is 5.05. The van der Waals surface area contributed by atoms with Crippen molar-refractivity contribution < 1.29 is 22.7 Å². The van der Waals surface area contributed by atoms with E-state index in [0.29, 0.717) is 24.5 Å². The van der Waals surface area contributed by atoms with Crippen LogP contribution in [0.4, 0.5) is 5.69 Å². The summed E-state index contributed by atoms with van der Waals surface area (Å²) in [7, 11) is -3.24. The lowest BCUT2D eigenvalue weighted by molar-refractivity contribution is -0.126. The molecule has 1 aliphatic rings. The van der Waals surface area contributed by atoms with E-state index in [2.05, 4.69) is 5.32 Å². The van der Waals surface area contributed by atoms with Gasteiger partial charge in [0.15, 0.2) is 9.84 Å². The summed E-state index contributed by atoms with van der Waals surface area (Å²) in [4.78, 5) is 26.6. The third kappa shape index (κ3) is 6.30. The van der Waals surface area contributed by atoms with Crippen molar-refractivity contribution in [2.75, 3.05) is 30.3 Å². The molecular weight excluding hydrogens is 416 g/mol. The van der Waals surface area contributed by atoms with Crippen molar-refractivity contribution in [3.63, 3.8) is 0 Å². The number of hydrogen-bond acceptors (Lipinski definition) is 5. The first kappa shape index (κ1) is 22.8. The summed E-state index contributed by atoms with van der Waals surface area (Å²) in [6.07, 6.45) is 0.455. The maximum Gasteiger partial charge on any atom is 0.227 e. The van der Waals surface area contributed by atoms with Gasteiger partial charge in [0.2, 0.25) is 11.8 Å². The molecule has 1 saturated heterocycles. The molecule has 1 atom stereocenters. The number of nitrogens with zero attached hydrogens (tertiary/aromatic N) is 1. The van der Waals surface area contributed by atoms with E-state index in [9.17, 15) is 18.0 Å². The zero-order valence-electron chi connectivity index (χ0n) is 17.6. The third-order valence-corrected chi connectivity index (χ3v) is 6.80. The molecule has 3 rings (SSSR count). The van der Waals surface area contributed by atoms with Crippen LogP contribution in [-0.4, -0.2) is 45.7 Å². The third-order valence-electron chi connectivity index (χ3n) is 5.11. The smallest absolute Gasteiger partial charge is 0.227 e. The largest absolute Gasteiger partial charge is 0.492 e. The number of hydrogen-bond donors (Lipinski definition) is 1. The minimum atomic E-state index is -3.24. The van der Waals surface area contributed by atoms with Gasteiger partial charge in [-0.15, -0.1) is 0 Å². The monoisotopic (exact) mass is 444 g/mol. The number of amides is 2. The lowest BCUT2D eigenvalue weighted by Crippen LogP contribution is -2.34. The predicted molar refractivity (Wildman–Crippen MR) is 120 cm³/mol. The average molecular weight is 445 g/mol. The second kappa shape index (κ2) is 10.4. The van der Waals surface area contributed by atoms with Crippen LogP contribution in [0.15, 0.2) is 54.6 Å². The summed E-state index contributed by atoms with van der Waals surface area (Å²) < 4.78 is 30.1. The standard InChI is InChI=1S/C23H28N2O5S/c1-2-30-21-12-7-6-11-20(21)25-16-19(15-22(25)26)23(27)24-13-8-14-31(28,29)17-18-9-4-3-5-10-18/h3-7,9-12,19H,2,8,13-17H2,1H3,(H,24,27). The molecule has 1 unspecified atom stereocenters. The summed E-state index contributed by atoms with van der Waals surface area (Å²) in [5, 5.41) is 2.78. The van der Waals surface area contributed by atoms with Crippen molar-refractivity contribution in [3.05, 3.63) is 60.2 Å². The predicted octanol–water partition coefficient (Wildman–Crippen LogP) is 2.56. The van der Waals surface area contributed by atoms with Crippen LogP contribution in [0.5, 0.6) is 5.75 Å². The van der Waals surface area contributed by atoms with Gasteiger partial charge in [0, 0.05) is 19.5 Å². The Labute approximate surface area is 183 Å². The Hall–Kier alpha value is -2.87. The van der Waals surface area contributed by atoms with Crippen LogP contribution in [0.1, 0.15) is 25.3 Å². The lowest BCUT2D eigenvalue weighted by atomic mass is 10.1. The molecule has 0 bridgehead atoms. The molecule has 7 nitrogen and oxygen atoms in total. The molecule has 2 amide bonds. The molecule has 31 heavy (non-hydrogen) atoms. The number of rotatable bonds is 10. The Morgan fingerprint density at radius 1 is 1.13 bits per heavy atom. The van der Waals surface area contributed by atoms with Crippen molar-refractivity contribution in [1.82, 2.24) is 5.32 Å². The van der Waals surface area contributed by atoms with Gasteiger partial charge in [-0.2, -0.15) is 0 Å². The normalized spacial score (nSPS) is 16.4. The van der Waals surface area contributed by atoms with E-state index >= 15 is 0 Å². The molecule has 0 aromatic heterocycles. The first-order chi connectivity index (χ1) is 14.9. The number of ether oxygens (including phenoxy) is 1. The van der Waals surface area contributed by atoms with Gasteiger partial charge in [0.05, 0.1) is 29.7 Å². The van der Waals surface area contributed by atoms with E-state index in [1.807, 2.05) is 37.3 Å². The molecule has 0 aliphatic carbocycles. The molecule has 0 spiro atoms.